The molecule has 0 bridgehead atoms. The van der Waals surface area contributed by atoms with Gasteiger partial charge in [-0.3, -0.25) is 0 Å². The first-order chi connectivity index (χ1) is 7.69. The molecule has 2 nitrogen and oxygen atoms in total. The molecule has 0 radical (unpaired) electrons. The molecule has 1 atom stereocenters. The highest BCUT2D eigenvalue weighted by Gasteiger charge is 2.12. The molecule has 90 valence electrons. The molecule has 1 rings (SSSR count). The summed E-state index contributed by atoms with van der Waals surface area (Å²) < 4.78 is 18.4. The maximum Gasteiger partial charge on any atom is 0.123 e. The zero-order valence-electron chi connectivity index (χ0n) is 10.2. The topological polar surface area (TPSA) is 21.3 Å². The molecular weight excluding hydrogens is 205 g/mol. The Morgan fingerprint density at radius 2 is 2.19 bits per heavy atom. The summed E-state index contributed by atoms with van der Waals surface area (Å²) in [7, 11) is 1.62. The van der Waals surface area contributed by atoms with E-state index < -0.39 is 0 Å². The number of rotatable bonds is 6. The van der Waals surface area contributed by atoms with Crippen molar-refractivity contribution in [2.45, 2.75) is 26.2 Å². The maximum absolute atomic E-state index is 13.2. The molecule has 0 heterocycles. The summed E-state index contributed by atoms with van der Waals surface area (Å²) in [4.78, 5) is 0. The highest BCUT2D eigenvalue weighted by atomic mass is 19.1. The highest BCUT2D eigenvalue weighted by Crippen LogP contribution is 2.29. The molecule has 0 aliphatic carbocycles. The normalized spacial score (nSPS) is 12.5. The van der Waals surface area contributed by atoms with E-state index in [1.807, 2.05) is 0 Å². The van der Waals surface area contributed by atoms with Gasteiger partial charge < -0.3 is 10.1 Å². The van der Waals surface area contributed by atoms with Gasteiger partial charge in [0, 0.05) is 0 Å². The molecule has 0 amide bonds. The van der Waals surface area contributed by atoms with Crippen LogP contribution in [0.15, 0.2) is 18.2 Å². The number of nitrogens with one attached hydrogen (secondary N) is 1. The van der Waals surface area contributed by atoms with Crippen molar-refractivity contribution in [2.24, 2.45) is 0 Å². The summed E-state index contributed by atoms with van der Waals surface area (Å²) in [6, 6.07) is 4.68. The molecule has 0 spiro atoms. The first kappa shape index (κ1) is 13.0. The Labute approximate surface area is 96.8 Å². The predicted molar refractivity (Wildman–Crippen MR) is 64.5 cm³/mol. The highest BCUT2D eigenvalue weighted by molar-refractivity contribution is 5.36. The van der Waals surface area contributed by atoms with Gasteiger partial charge in [0.25, 0.3) is 0 Å². The zero-order chi connectivity index (χ0) is 12.0. The van der Waals surface area contributed by atoms with Crippen LogP contribution in [-0.4, -0.2) is 20.2 Å². The number of benzene rings is 1. The second-order valence-electron chi connectivity index (χ2n) is 3.93. The Kier molecular flexibility index (Phi) is 5.26. The average molecular weight is 225 g/mol. The van der Waals surface area contributed by atoms with Gasteiger partial charge in [0.05, 0.1) is 7.11 Å². The summed E-state index contributed by atoms with van der Waals surface area (Å²) >= 11 is 0. The summed E-state index contributed by atoms with van der Waals surface area (Å²) in [5, 5.41) is 3.27. The largest absolute Gasteiger partial charge is 0.496 e. The van der Waals surface area contributed by atoms with Crippen LogP contribution >= 0.6 is 0 Å². The smallest absolute Gasteiger partial charge is 0.123 e. The predicted octanol–water partition coefficient (Wildman–Crippen LogP) is 2.94. The van der Waals surface area contributed by atoms with E-state index >= 15 is 0 Å². The summed E-state index contributed by atoms with van der Waals surface area (Å²) in [6.07, 6.45) is 0.980. The number of methoxy groups -OCH3 is 1. The summed E-state index contributed by atoms with van der Waals surface area (Å²) in [6.45, 7) is 6.08. The molecule has 16 heavy (non-hydrogen) atoms. The molecule has 1 N–H and O–H groups in total. The Bertz CT molecular complexity index is 328. The van der Waals surface area contributed by atoms with Crippen molar-refractivity contribution in [2.75, 3.05) is 20.2 Å². The van der Waals surface area contributed by atoms with Crippen molar-refractivity contribution in [3.8, 4) is 5.75 Å². The Morgan fingerprint density at radius 1 is 1.44 bits per heavy atom. The Hall–Kier alpha value is -1.09. The molecule has 0 saturated heterocycles. The molecule has 0 saturated carbocycles. The molecule has 1 unspecified atom stereocenters. The van der Waals surface area contributed by atoms with Gasteiger partial charge in [-0.1, -0.05) is 13.8 Å². The van der Waals surface area contributed by atoms with Crippen LogP contribution < -0.4 is 10.1 Å². The van der Waals surface area contributed by atoms with Crippen LogP contribution in [0.1, 0.15) is 31.7 Å². The van der Waals surface area contributed by atoms with Crippen LogP contribution in [0.25, 0.3) is 0 Å². The molecule has 0 aliphatic heterocycles. The second-order valence-corrected chi connectivity index (χ2v) is 3.93. The van der Waals surface area contributed by atoms with Crippen LogP contribution in [-0.2, 0) is 0 Å². The third-order valence-electron chi connectivity index (χ3n) is 2.73. The van der Waals surface area contributed by atoms with E-state index in [0.717, 1.165) is 30.8 Å². The Morgan fingerprint density at radius 3 is 2.81 bits per heavy atom. The number of halogens is 1. The van der Waals surface area contributed by atoms with E-state index in [4.69, 9.17) is 4.74 Å². The quantitative estimate of drug-likeness (QED) is 0.752. The zero-order valence-corrected chi connectivity index (χ0v) is 10.2. The average Bonchev–Trinajstić information content (AvgIpc) is 2.29. The third kappa shape index (κ3) is 3.49. The van der Waals surface area contributed by atoms with E-state index in [-0.39, 0.29) is 5.82 Å². The Balaban J connectivity index is 2.72. The third-order valence-corrected chi connectivity index (χ3v) is 2.73. The molecule has 1 aromatic rings. The fraction of sp³-hybridized carbons (Fsp3) is 0.538. The van der Waals surface area contributed by atoms with Crippen molar-refractivity contribution in [1.82, 2.24) is 5.32 Å². The second kappa shape index (κ2) is 6.48. The fourth-order valence-electron chi connectivity index (χ4n) is 1.74. The minimum atomic E-state index is -0.203. The monoisotopic (exact) mass is 225 g/mol. The van der Waals surface area contributed by atoms with E-state index in [1.165, 1.54) is 6.07 Å². The molecule has 3 heteroatoms. The lowest BCUT2D eigenvalue weighted by atomic mass is 9.96. The SMILES string of the molecule is CCNCCC(C)c1cc(F)ccc1OC. The lowest BCUT2D eigenvalue weighted by Crippen LogP contribution is -2.16. The van der Waals surface area contributed by atoms with Crippen LogP contribution in [0, 0.1) is 5.82 Å². The standard InChI is InChI=1S/C13H20FNO/c1-4-15-8-7-10(2)12-9-11(14)5-6-13(12)16-3/h5-6,9-10,15H,4,7-8H2,1-3H3. The van der Waals surface area contributed by atoms with Crippen molar-refractivity contribution in [3.05, 3.63) is 29.6 Å². The number of ether oxygens (including phenoxy) is 1. The molecular formula is C13H20FNO. The number of hydrogen-bond donors (Lipinski definition) is 1. The van der Waals surface area contributed by atoms with Crippen molar-refractivity contribution in [1.29, 1.82) is 0 Å². The van der Waals surface area contributed by atoms with Gasteiger partial charge >= 0.3 is 0 Å². The van der Waals surface area contributed by atoms with Gasteiger partial charge in [-0.2, -0.15) is 0 Å². The van der Waals surface area contributed by atoms with Crippen LogP contribution in [0.4, 0.5) is 4.39 Å². The van der Waals surface area contributed by atoms with Gasteiger partial charge in [0.15, 0.2) is 0 Å². The van der Waals surface area contributed by atoms with Crippen molar-refractivity contribution >= 4 is 0 Å². The lowest BCUT2D eigenvalue weighted by molar-refractivity contribution is 0.403. The summed E-state index contributed by atoms with van der Waals surface area (Å²) in [5.74, 6) is 0.862. The lowest BCUT2D eigenvalue weighted by Gasteiger charge is -2.15. The van der Waals surface area contributed by atoms with Crippen LogP contribution in [0.5, 0.6) is 5.75 Å². The molecule has 0 aromatic heterocycles. The minimum absolute atomic E-state index is 0.203. The van der Waals surface area contributed by atoms with Gasteiger partial charge in [-0.25, -0.2) is 4.39 Å². The molecule has 0 fully saturated rings. The molecule has 0 aliphatic rings. The van der Waals surface area contributed by atoms with E-state index in [0.29, 0.717) is 5.92 Å². The van der Waals surface area contributed by atoms with Gasteiger partial charge in [0.2, 0.25) is 0 Å². The van der Waals surface area contributed by atoms with E-state index in [9.17, 15) is 4.39 Å². The van der Waals surface area contributed by atoms with Gasteiger partial charge in [-0.15, -0.1) is 0 Å². The van der Waals surface area contributed by atoms with Crippen LogP contribution in [0.3, 0.4) is 0 Å². The maximum atomic E-state index is 13.2. The fourth-order valence-corrected chi connectivity index (χ4v) is 1.74. The minimum Gasteiger partial charge on any atom is -0.496 e. The van der Waals surface area contributed by atoms with E-state index in [2.05, 4.69) is 19.2 Å². The van der Waals surface area contributed by atoms with Crippen molar-refractivity contribution in [3.63, 3.8) is 0 Å². The van der Waals surface area contributed by atoms with Crippen molar-refractivity contribution < 1.29 is 9.13 Å². The van der Waals surface area contributed by atoms with Crippen LogP contribution in [0.2, 0.25) is 0 Å². The van der Waals surface area contributed by atoms with Gasteiger partial charge in [0.1, 0.15) is 11.6 Å². The first-order valence-electron chi connectivity index (χ1n) is 5.73. The number of hydrogen-bond acceptors (Lipinski definition) is 2. The molecule has 1 aromatic carbocycles. The first-order valence-corrected chi connectivity index (χ1v) is 5.73. The van der Waals surface area contributed by atoms with E-state index in [1.54, 1.807) is 19.2 Å². The van der Waals surface area contributed by atoms with Gasteiger partial charge in [-0.05, 0) is 49.2 Å². The summed E-state index contributed by atoms with van der Waals surface area (Å²) in [5.41, 5.74) is 0.945.